The topological polar surface area (TPSA) is 77.0 Å². The van der Waals surface area contributed by atoms with Crippen LogP contribution < -0.4 is 5.32 Å². The van der Waals surface area contributed by atoms with E-state index in [-0.39, 0.29) is 24.4 Å². The molecule has 1 heterocycles. The van der Waals surface area contributed by atoms with Crippen LogP contribution in [0.15, 0.2) is 58.6 Å². The molecule has 0 saturated carbocycles. The van der Waals surface area contributed by atoms with Crippen molar-refractivity contribution < 1.29 is 19.1 Å². The molecule has 0 fully saturated rings. The van der Waals surface area contributed by atoms with Crippen LogP contribution in [-0.2, 0) is 25.7 Å². The van der Waals surface area contributed by atoms with Crippen LogP contribution in [0.4, 0.5) is 0 Å². The highest BCUT2D eigenvalue weighted by molar-refractivity contribution is 6.40. The van der Waals surface area contributed by atoms with Gasteiger partial charge < -0.3 is 14.8 Å². The predicted octanol–water partition coefficient (Wildman–Crippen LogP) is 1.92. The number of fused-ring (bicyclic) bond motifs is 1. The standard InChI is InChI=1S/C19H20N2O4/c1-2-25-19(23)17-20-15-10-6-9-14(16(15)18(22)21-17)12-24-11-13-7-4-3-5-8-13/h3-9,15H,2,10-12H2,1H3,(H,20,21,22). The molecule has 1 aromatic carbocycles. The molecule has 2 aliphatic rings. The summed E-state index contributed by atoms with van der Waals surface area (Å²) in [6.45, 7) is 2.73. The van der Waals surface area contributed by atoms with Crippen LogP contribution in [0.1, 0.15) is 18.9 Å². The third-order valence-electron chi connectivity index (χ3n) is 3.96. The molecule has 1 N–H and O–H groups in total. The van der Waals surface area contributed by atoms with E-state index in [1.165, 1.54) is 0 Å². The fourth-order valence-corrected chi connectivity index (χ4v) is 2.82. The molecule has 6 nitrogen and oxygen atoms in total. The maximum Gasteiger partial charge on any atom is 0.374 e. The first kappa shape index (κ1) is 17.1. The number of ether oxygens (including phenoxy) is 2. The summed E-state index contributed by atoms with van der Waals surface area (Å²) in [5, 5.41) is 2.53. The van der Waals surface area contributed by atoms with Crippen molar-refractivity contribution in [3.63, 3.8) is 0 Å². The second kappa shape index (κ2) is 7.90. The van der Waals surface area contributed by atoms with Crippen LogP contribution in [0.5, 0.6) is 0 Å². The SMILES string of the molecule is CCOC(=O)C1=NC2CC=CC(COCc3ccccc3)=C2C(=O)N1. The molecule has 1 amide bonds. The lowest BCUT2D eigenvalue weighted by molar-refractivity contribution is -0.136. The van der Waals surface area contributed by atoms with E-state index in [0.29, 0.717) is 25.2 Å². The predicted molar refractivity (Wildman–Crippen MR) is 92.9 cm³/mol. The first-order valence-electron chi connectivity index (χ1n) is 8.26. The van der Waals surface area contributed by atoms with Gasteiger partial charge in [0.25, 0.3) is 5.91 Å². The summed E-state index contributed by atoms with van der Waals surface area (Å²) in [6.07, 6.45) is 4.41. The summed E-state index contributed by atoms with van der Waals surface area (Å²) in [5.41, 5.74) is 2.42. The molecular weight excluding hydrogens is 320 g/mol. The zero-order chi connectivity index (χ0) is 17.6. The van der Waals surface area contributed by atoms with Crippen LogP contribution in [-0.4, -0.2) is 37.0 Å². The van der Waals surface area contributed by atoms with Gasteiger partial charge in [0.15, 0.2) is 0 Å². The fraction of sp³-hybridized carbons (Fsp3) is 0.316. The van der Waals surface area contributed by atoms with E-state index in [9.17, 15) is 9.59 Å². The van der Waals surface area contributed by atoms with Gasteiger partial charge >= 0.3 is 5.97 Å². The number of nitrogens with zero attached hydrogens (tertiary/aromatic N) is 1. The van der Waals surface area contributed by atoms with Crippen LogP contribution in [0, 0.1) is 0 Å². The van der Waals surface area contributed by atoms with Crippen molar-refractivity contribution in [1.29, 1.82) is 0 Å². The number of carbonyl (C=O) groups is 2. The molecular formula is C19H20N2O4. The summed E-state index contributed by atoms with van der Waals surface area (Å²) < 4.78 is 10.6. The first-order valence-corrected chi connectivity index (χ1v) is 8.26. The van der Waals surface area contributed by atoms with Gasteiger partial charge in [-0.15, -0.1) is 0 Å². The van der Waals surface area contributed by atoms with Gasteiger partial charge in [-0.25, -0.2) is 4.79 Å². The number of amidine groups is 1. The Morgan fingerprint density at radius 2 is 2.08 bits per heavy atom. The highest BCUT2D eigenvalue weighted by atomic mass is 16.5. The summed E-state index contributed by atoms with van der Waals surface area (Å²) in [6, 6.07) is 9.47. The van der Waals surface area contributed by atoms with E-state index in [2.05, 4.69) is 10.3 Å². The van der Waals surface area contributed by atoms with Gasteiger partial charge in [0.2, 0.25) is 5.84 Å². The van der Waals surface area contributed by atoms with Crippen LogP contribution >= 0.6 is 0 Å². The van der Waals surface area contributed by atoms with E-state index in [1.54, 1.807) is 6.92 Å². The highest BCUT2D eigenvalue weighted by Gasteiger charge is 2.33. The number of amides is 1. The average molecular weight is 340 g/mol. The molecule has 1 atom stereocenters. The largest absolute Gasteiger partial charge is 0.460 e. The maximum absolute atomic E-state index is 12.4. The van der Waals surface area contributed by atoms with Crippen molar-refractivity contribution in [2.75, 3.05) is 13.2 Å². The Morgan fingerprint density at radius 3 is 2.84 bits per heavy atom. The summed E-state index contributed by atoms with van der Waals surface area (Å²) in [5.74, 6) is -0.947. The first-order chi connectivity index (χ1) is 12.2. The zero-order valence-electron chi connectivity index (χ0n) is 14.0. The van der Waals surface area contributed by atoms with E-state index in [0.717, 1.165) is 11.1 Å². The number of rotatable bonds is 6. The zero-order valence-corrected chi connectivity index (χ0v) is 14.0. The molecule has 0 spiro atoms. The van der Waals surface area contributed by atoms with Gasteiger partial charge in [0.1, 0.15) is 0 Å². The molecule has 130 valence electrons. The second-order valence-corrected chi connectivity index (χ2v) is 5.72. The lowest BCUT2D eigenvalue weighted by Crippen LogP contribution is -2.46. The van der Waals surface area contributed by atoms with Gasteiger partial charge in [0.05, 0.1) is 25.9 Å². The minimum atomic E-state index is -0.605. The molecule has 0 radical (unpaired) electrons. The molecule has 1 unspecified atom stereocenters. The van der Waals surface area contributed by atoms with Crippen LogP contribution in [0.25, 0.3) is 0 Å². The van der Waals surface area contributed by atoms with Gasteiger partial charge in [-0.1, -0.05) is 42.5 Å². The summed E-state index contributed by atoms with van der Waals surface area (Å²) in [4.78, 5) is 28.6. The molecule has 25 heavy (non-hydrogen) atoms. The Balaban J connectivity index is 1.71. The highest BCUT2D eigenvalue weighted by Crippen LogP contribution is 2.25. The van der Waals surface area contributed by atoms with Gasteiger partial charge in [-0.3, -0.25) is 9.79 Å². The third kappa shape index (κ3) is 4.03. The molecule has 1 aliphatic heterocycles. The van der Waals surface area contributed by atoms with Crippen molar-refractivity contribution in [1.82, 2.24) is 5.32 Å². The number of nitrogens with one attached hydrogen (secondary N) is 1. The van der Waals surface area contributed by atoms with Crippen molar-refractivity contribution in [2.45, 2.75) is 26.0 Å². The fourth-order valence-electron chi connectivity index (χ4n) is 2.82. The lowest BCUT2D eigenvalue weighted by atomic mass is 9.91. The molecule has 1 aromatic rings. The minimum Gasteiger partial charge on any atom is -0.460 e. The lowest BCUT2D eigenvalue weighted by Gasteiger charge is -2.26. The van der Waals surface area contributed by atoms with Crippen LogP contribution in [0.2, 0.25) is 0 Å². The minimum absolute atomic E-state index is 0.0274. The van der Waals surface area contributed by atoms with Crippen LogP contribution in [0.3, 0.4) is 0 Å². The van der Waals surface area contributed by atoms with Gasteiger partial charge in [0, 0.05) is 5.57 Å². The molecule has 3 rings (SSSR count). The van der Waals surface area contributed by atoms with Gasteiger partial charge in [-0.2, -0.15) is 0 Å². The van der Waals surface area contributed by atoms with Crippen molar-refractivity contribution >= 4 is 17.7 Å². The molecule has 0 bridgehead atoms. The van der Waals surface area contributed by atoms with E-state index in [1.807, 2.05) is 42.5 Å². The van der Waals surface area contributed by atoms with E-state index >= 15 is 0 Å². The number of carbonyl (C=O) groups excluding carboxylic acids is 2. The Hall–Kier alpha value is -2.73. The van der Waals surface area contributed by atoms with E-state index < -0.39 is 5.97 Å². The van der Waals surface area contributed by atoms with Crippen molar-refractivity contribution in [3.05, 3.63) is 59.2 Å². The number of benzene rings is 1. The van der Waals surface area contributed by atoms with Crippen molar-refractivity contribution in [2.24, 2.45) is 4.99 Å². The van der Waals surface area contributed by atoms with Gasteiger partial charge in [-0.05, 0) is 24.5 Å². The smallest absolute Gasteiger partial charge is 0.374 e. The Bertz CT molecular complexity index is 750. The number of esters is 1. The number of hydrogen-bond donors (Lipinski definition) is 1. The Kier molecular flexibility index (Phi) is 5.40. The maximum atomic E-state index is 12.4. The molecule has 0 saturated heterocycles. The quantitative estimate of drug-likeness (QED) is 0.803. The Morgan fingerprint density at radius 1 is 1.28 bits per heavy atom. The normalized spacial score (nSPS) is 19.2. The molecule has 6 heteroatoms. The van der Waals surface area contributed by atoms with Crippen molar-refractivity contribution in [3.8, 4) is 0 Å². The molecule has 0 aromatic heterocycles. The monoisotopic (exact) mass is 340 g/mol. The number of hydrogen-bond acceptors (Lipinski definition) is 5. The summed E-state index contributed by atoms with van der Waals surface area (Å²) in [7, 11) is 0. The molecule has 1 aliphatic carbocycles. The number of aliphatic imine (C=N–C) groups is 1. The second-order valence-electron chi connectivity index (χ2n) is 5.72. The summed E-state index contributed by atoms with van der Waals surface area (Å²) >= 11 is 0. The Labute approximate surface area is 146 Å². The van der Waals surface area contributed by atoms with E-state index in [4.69, 9.17) is 9.47 Å². The third-order valence-corrected chi connectivity index (χ3v) is 3.96. The average Bonchev–Trinajstić information content (AvgIpc) is 2.62.